The first kappa shape index (κ1) is 37.3. The number of rotatable bonds is 22. The first-order valence-corrected chi connectivity index (χ1v) is 14.9. The largest absolute Gasteiger partial charge is 0.460 e. The highest BCUT2D eigenvalue weighted by Crippen LogP contribution is 2.28. The van der Waals surface area contributed by atoms with Crippen molar-refractivity contribution in [3.05, 3.63) is 71.8 Å². The molecule has 2 aromatic rings. The maximum atomic E-state index is 12.4. The summed E-state index contributed by atoms with van der Waals surface area (Å²) in [5.74, 6) is -1.82. The number of Topliss-reactive ketones (excluding diaryl/α,β-unsaturated/α-hetero) is 1. The number of esters is 2. The Kier molecular flexibility index (Phi) is 18.0. The lowest BCUT2D eigenvalue weighted by molar-refractivity contribution is -0.141. The number of oxime groups is 1. The van der Waals surface area contributed by atoms with Crippen LogP contribution in [0.3, 0.4) is 0 Å². The Morgan fingerprint density at radius 2 is 1.04 bits per heavy atom. The molecule has 13 heteroatoms. The zero-order chi connectivity index (χ0) is 32.9. The van der Waals surface area contributed by atoms with E-state index in [9.17, 15) is 19.2 Å². The van der Waals surface area contributed by atoms with Crippen molar-refractivity contribution in [1.82, 2.24) is 0 Å². The van der Waals surface area contributed by atoms with Crippen LogP contribution in [0.15, 0.2) is 75.6 Å². The molecule has 0 aromatic heterocycles. The summed E-state index contributed by atoms with van der Waals surface area (Å²) in [5, 5.41) is 3.52. The molecule has 0 heterocycles. The van der Waals surface area contributed by atoms with E-state index in [1.807, 2.05) is 12.1 Å². The van der Waals surface area contributed by atoms with Gasteiger partial charge < -0.3 is 33.3 Å². The van der Waals surface area contributed by atoms with Crippen LogP contribution in [0.5, 0.6) is 0 Å². The third kappa shape index (κ3) is 16.1. The van der Waals surface area contributed by atoms with Crippen LogP contribution in [-0.4, -0.2) is 95.5 Å². The molecule has 0 N–H and O–H groups in total. The highest BCUT2D eigenvalue weighted by molar-refractivity contribution is 7.99. The van der Waals surface area contributed by atoms with Crippen LogP contribution in [0.2, 0.25) is 0 Å². The van der Waals surface area contributed by atoms with Crippen molar-refractivity contribution in [1.29, 1.82) is 0 Å². The number of carbonyl (C=O) groups is 4. The summed E-state index contributed by atoms with van der Waals surface area (Å²) in [6, 6.07) is 13.9. The van der Waals surface area contributed by atoms with Crippen LogP contribution in [0.1, 0.15) is 41.5 Å². The fourth-order valence-electron chi connectivity index (χ4n) is 3.21. The van der Waals surface area contributed by atoms with Crippen molar-refractivity contribution < 1.29 is 52.4 Å². The second kappa shape index (κ2) is 21.8. The van der Waals surface area contributed by atoms with Crippen LogP contribution >= 0.6 is 11.8 Å². The summed E-state index contributed by atoms with van der Waals surface area (Å²) in [6.45, 7) is 10.9. The smallest absolute Gasteiger partial charge is 0.338 e. The number of benzene rings is 2. The van der Waals surface area contributed by atoms with Crippen molar-refractivity contribution in [2.24, 2.45) is 5.16 Å². The van der Waals surface area contributed by atoms with E-state index >= 15 is 0 Å². The molecule has 0 saturated carbocycles. The van der Waals surface area contributed by atoms with Gasteiger partial charge in [0.2, 0.25) is 5.78 Å². The third-order valence-electron chi connectivity index (χ3n) is 5.47. The van der Waals surface area contributed by atoms with Gasteiger partial charge in [-0.2, -0.15) is 0 Å². The van der Waals surface area contributed by atoms with Crippen LogP contribution in [0.25, 0.3) is 0 Å². The Labute approximate surface area is 267 Å². The molecule has 0 spiro atoms. The van der Waals surface area contributed by atoms with E-state index in [2.05, 4.69) is 16.6 Å². The van der Waals surface area contributed by atoms with Gasteiger partial charge in [0.1, 0.15) is 18.9 Å². The standard InChI is InChI=1S/C32H39NO11S/c1-23(2)31(36)42-21-19-40-17-15-38-13-14-39-16-18-41-20-22-43-32(37)27-7-11-29(12-8-27)45-28-9-5-26(6-10-28)30(35)24(3)33-44-25(4)34/h5-12H,1,13-22H2,2-4H3/b33-24+. The molecule has 0 bridgehead atoms. The molecule has 0 atom stereocenters. The zero-order valence-corrected chi connectivity index (χ0v) is 26.6. The summed E-state index contributed by atoms with van der Waals surface area (Å²) in [5.41, 5.74) is 1.26. The maximum Gasteiger partial charge on any atom is 0.338 e. The molecule has 0 radical (unpaired) electrons. The molecule has 0 amide bonds. The highest BCUT2D eigenvalue weighted by Gasteiger charge is 2.12. The number of ether oxygens (including phenoxy) is 6. The molecule has 244 valence electrons. The molecular formula is C32H39NO11S. The average molecular weight is 646 g/mol. The van der Waals surface area contributed by atoms with Crippen LogP contribution in [-0.2, 0) is 42.8 Å². The highest BCUT2D eigenvalue weighted by atomic mass is 32.2. The Bertz CT molecular complexity index is 1280. The number of ketones is 1. The van der Waals surface area contributed by atoms with Gasteiger partial charge in [-0.3, -0.25) is 4.79 Å². The molecule has 45 heavy (non-hydrogen) atoms. The quantitative estimate of drug-likeness (QED) is 0.0342. The van der Waals surface area contributed by atoms with Gasteiger partial charge in [0.05, 0.1) is 58.4 Å². The summed E-state index contributed by atoms with van der Waals surface area (Å²) < 4.78 is 31.7. The second-order valence-electron chi connectivity index (χ2n) is 9.24. The maximum absolute atomic E-state index is 12.4. The second-order valence-corrected chi connectivity index (χ2v) is 10.4. The van der Waals surface area contributed by atoms with E-state index in [1.54, 1.807) is 43.3 Å². The van der Waals surface area contributed by atoms with Gasteiger partial charge in [0.25, 0.3) is 0 Å². The number of hydrogen-bond donors (Lipinski definition) is 0. The Morgan fingerprint density at radius 3 is 1.49 bits per heavy atom. The number of hydrogen-bond acceptors (Lipinski definition) is 13. The Balaban J connectivity index is 1.51. The van der Waals surface area contributed by atoms with Crippen LogP contribution in [0.4, 0.5) is 0 Å². The predicted molar refractivity (Wildman–Crippen MR) is 166 cm³/mol. The Hall–Kier alpha value is -3.88. The Morgan fingerprint density at radius 1 is 0.622 bits per heavy atom. The minimum atomic E-state index is -0.599. The van der Waals surface area contributed by atoms with Gasteiger partial charge in [0, 0.05) is 27.9 Å². The lowest BCUT2D eigenvalue weighted by Crippen LogP contribution is -2.15. The van der Waals surface area contributed by atoms with Gasteiger partial charge in [-0.25, -0.2) is 14.4 Å². The fraction of sp³-hybridized carbons (Fsp3) is 0.406. The molecule has 12 nitrogen and oxygen atoms in total. The lowest BCUT2D eigenvalue weighted by atomic mass is 10.1. The molecular weight excluding hydrogens is 606 g/mol. The first-order chi connectivity index (χ1) is 21.7. The van der Waals surface area contributed by atoms with E-state index in [-0.39, 0.29) is 31.3 Å². The topological polar surface area (TPSA) is 145 Å². The number of nitrogens with zero attached hydrogens (tertiary/aromatic N) is 1. The molecule has 0 unspecified atom stereocenters. The fourth-order valence-corrected chi connectivity index (χ4v) is 4.02. The zero-order valence-electron chi connectivity index (χ0n) is 25.7. The van der Waals surface area contributed by atoms with Crippen molar-refractivity contribution in [3.8, 4) is 0 Å². The van der Waals surface area contributed by atoms with Gasteiger partial charge >= 0.3 is 17.9 Å². The molecule has 0 aliphatic rings. The van der Waals surface area contributed by atoms with Crippen LogP contribution < -0.4 is 0 Å². The van der Waals surface area contributed by atoms with E-state index in [4.69, 9.17) is 28.4 Å². The first-order valence-electron chi connectivity index (χ1n) is 14.1. The molecule has 2 rings (SSSR count). The van der Waals surface area contributed by atoms with E-state index in [0.717, 1.165) is 9.79 Å². The molecule has 0 saturated heterocycles. The third-order valence-corrected chi connectivity index (χ3v) is 6.48. The number of carbonyl (C=O) groups excluding carboxylic acids is 4. The summed E-state index contributed by atoms with van der Waals surface area (Å²) in [7, 11) is 0. The van der Waals surface area contributed by atoms with Crippen molar-refractivity contribution >= 4 is 41.2 Å². The average Bonchev–Trinajstić information content (AvgIpc) is 3.03. The molecule has 0 aliphatic heterocycles. The van der Waals surface area contributed by atoms with Gasteiger partial charge in [-0.15, -0.1) is 0 Å². The molecule has 0 aliphatic carbocycles. The van der Waals surface area contributed by atoms with E-state index in [1.165, 1.54) is 25.6 Å². The van der Waals surface area contributed by atoms with E-state index < -0.39 is 17.9 Å². The monoisotopic (exact) mass is 645 g/mol. The predicted octanol–water partition coefficient (Wildman–Crippen LogP) is 4.30. The van der Waals surface area contributed by atoms with Crippen LogP contribution in [0, 0.1) is 0 Å². The van der Waals surface area contributed by atoms with Crippen molar-refractivity contribution in [2.75, 3.05) is 66.1 Å². The SMILES string of the molecule is C=C(C)C(=O)OCCOCCOCCOCCOCCOC(=O)c1ccc(Sc2ccc(C(=O)/C(C)=N/OC(C)=O)cc2)cc1. The van der Waals surface area contributed by atoms with E-state index in [0.29, 0.717) is 62.9 Å². The summed E-state index contributed by atoms with van der Waals surface area (Å²) in [4.78, 5) is 53.1. The summed E-state index contributed by atoms with van der Waals surface area (Å²) in [6.07, 6.45) is 0. The normalized spacial score (nSPS) is 11.1. The minimum absolute atomic E-state index is 0.0736. The minimum Gasteiger partial charge on any atom is -0.460 e. The summed E-state index contributed by atoms with van der Waals surface area (Å²) >= 11 is 1.47. The van der Waals surface area contributed by atoms with Crippen molar-refractivity contribution in [3.63, 3.8) is 0 Å². The van der Waals surface area contributed by atoms with Gasteiger partial charge in [0.15, 0.2) is 0 Å². The van der Waals surface area contributed by atoms with Gasteiger partial charge in [-0.05, 0) is 62.4 Å². The lowest BCUT2D eigenvalue weighted by Gasteiger charge is -2.08. The van der Waals surface area contributed by atoms with Crippen molar-refractivity contribution in [2.45, 2.75) is 30.6 Å². The molecule has 0 fully saturated rings. The molecule has 2 aromatic carbocycles. The van der Waals surface area contributed by atoms with Gasteiger partial charge in [-0.1, -0.05) is 23.5 Å².